The summed E-state index contributed by atoms with van der Waals surface area (Å²) in [7, 11) is -7.32. The van der Waals surface area contributed by atoms with Crippen LogP contribution in [0.4, 0.5) is 5.69 Å². The average molecular weight is 438 g/mol. The van der Waals surface area contributed by atoms with Crippen molar-refractivity contribution in [3.05, 3.63) is 60.2 Å². The number of anilines is 1. The molecule has 0 fully saturated rings. The van der Waals surface area contributed by atoms with Crippen LogP contribution in [0.2, 0.25) is 0 Å². The van der Waals surface area contributed by atoms with Gasteiger partial charge in [-0.15, -0.1) is 0 Å². The molecule has 0 radical (unpaired) electrons. The number of benzene rings is 2. The Morgan fingerprint density at radius 3 is 1.93 bits per heavy atom. The van der Waals surface area contributed by atoms with Gasteiger partial charge in [-0.05, 0) is 48.0 Å². The first kappa shape index (κ1) is 22.8. The quantitative estimate of drug-likeness (QED) is 0.611. The second-order valence-corrected chi connectivity index (χ2v) is 9.55. The van der Waals surface area contributed by atoms with Crippen molar-refractivity contribution in [2.45, 2.75) is 23.6 Å². The summed E-state index contributed by atoms with van der Waals surface area (Å²) in [6.07, 6.45) is 2.84. The third-order valence-electron chi connectivity index (χ3n) is 4.10. The Balaban J connectivity index is 2.05. The van der Waals surface area contributed by atoms with Crippen LogP contribution in [0.1, 0.15) is 19.4 Å². The van der Waals surface area contributed by atoms with Gasteiger partial charge in [-0.3, -0.25) is 4.79 Å². The molecular formula is C19H23N3O5S2. The van der Waals surface area contributed by atoms with E-state index in [1.165, 1.54) is 46.8 Å². The van der Waals surface area contributed by atoms with Crippen LogP contribution in [-0.2, 0) is 24.8 Å². The maximum absolute atomic E-state index is 12.5. The Morgan fingerprint density at radius 1 is 0.931 bits per heavy atom. The summed E-state index contributed by atoms with van der Waals surface area (Å²) >= 11 is 0. The molecule has 0 saturated heterocycles. The van der Waals surface area contributed by atoms with Gasteiger partial charge in [0, 0.05) is 24.9 Å². The molecule has 0 heterocycles. The van der Waals surface area contributed by atoms with Gasteiger partial charge in [0.2, 0.25) is 26.0 Å². The summed E-state index contributed by atoms with van der Waals surface area (Å²) in [5.41, 5.74) is 1.07. The van der Waals surface area contributed by atoms with Crippen molar-refractivity contribution in [2.24, 2.45) is 5.14 Å². The fourth-order valence-corrected chi connectivity index (χ4v) is 4.52. The first-order valence-corrected chi connectivity index (χ1v) is 11.8. The lowest BCUT2D eigenvalue weighted by Gasteiger charge is -2.18. The summed E-state index contributed by atoms with van der Waals surface area (Å²) in [5, 5.41) is 7.62. The lowest BCUT2D eigenvalue weighted by atomic mass is 10.2. The lowest BCUT2D eigenvalue weighted by Crippen LogP contribution is -2.30. The van der Waals surface area contributed by atoms with Gasteiger partial charge in [0.15, 0.2) is 0 Å². The normalized spacial score (nSPS) is 12.4. The molecule has 0 unspecified atom stereocenters. The number of nitrogens with two attached hydrogens (primary N) is 1. The van der Waals surface area contributed by atoms with E-state index in [4.69, 9.17) is 5.14 Å². The second-order valence-electron chi connectivity index (χ2n) is 6.05. The Kier molecular flexibility index (Phi) is 7.31. The molecule has 8 nitrogen and oxygen atoms in total. The highest BCUT2D eigenvalue weighted by molar-refractivity contribution is 7.89. The van der Waals surface area contributed by atoms with Crippen molar-refractivity contribution in [3.63, 3.8) is 0 Å². The van der Waals surface area contributed by atoms with Crippen LogP contribution in [0.15, 0.2) is 64.4 Å². The number of carbonyl (C=O) groups is 1. The highest BCUT2D eigenvalue weighted by Gasteiger charge is 2.20. The molecule has 10 heteroatoms. The van der Waals surface area contributed by atoms with Gasteiger partial charge in [0.25, 0.3) is 0 Å². The third-order valence-corrected chi connectivity index (χ3v) is 7.09. The Bertz CT molecular complexity index is 1090. The smallest absolute Gasteiger partial charge is 0.248 e. The fourth-order valence-electron chi connectivity index (χ4n) is 2.55. The van der Waals surface area contributed by atoms with Crippen LogP contribution >= 0.6 is 0 Å². The summed E-state index contributed by atoms with van der Waals surface area (Å²) in [6, 6.07) is 11.7. The predicted octanol–water partition coefficient (Wildman–Crippen LogP) is 2.02. The van der Waals surface area contributed by atoms with Crippen LogP contribution in [0.3, 0.4) is 0 Å². The summed E-state index contributed by atoms with van der Waals surface area (Å²) in [5.74, 6) is -0.423. The first-order valence-electron chi connectivity index (χ1n) is 8.80. The van der Waals surface area contributed by atoms with Gasteiger partial charge in [-0.1, -0.05) is 26.0 Å². The molecule has 29 heavy (non-hydrogen) atoms. The number of hydrogen-bond acceptors (Lipinski definition) is 5. The van der Waals surface area contributed by atoms with Crippen molar-refractivity contribution >= 4 is 37.7 Å². The lowest BCUT2D eigenvalue weighted by molar-refractivity contribution is -0.111. The van der Waals surface area contributed by atoms with Gasteiger partial charge in [-0.25, -0.2) is 22.0 Å². The largest absolute Gasteiger partial charge is 0.323 e. The van der Waals surface area contributed by atoms with Crippen molar-refractivity contribution in [1.82, 2.24) is 4.31 Å². The van der Waals surface area contributed by atoms with Crippen molar-refractivity contribution < 1.29 is 21.6 Å². The SMILES string of the molecule is CCN(CC)S(=O)(=O)c1ccc(/C=C/C(=O)Nc2ccc(S(N)(=O)=O)cc2)cc1. The molecule has 0 aliphatic carbocycles. The number of primary sulfonamides is 1. The van der Waals surface area contributed by atoms with Crippen molar-refractivity contribution in [1.29, 1.82) is 0 Å². The van der Waals surface area contributed by atoms with Crippen LogP contribution in [0.25, 0.3) is 6.08 Å². The number of amides is 1. The predicted molar refractivity (Wildman–Crippen MR) is 112 cm³/mol. The van der Waals surface area contributed by atoms with Crippen LogP contribution < -0.4 is 10.5 Å². The molecule has 0 saturated carbocycles. The zero-order valence-corrected chi connectivity index (χ0v) is 17.7. The van der Waals surface area contributed by atoms with Gasteiger partial charge in [0.1, 0.15) is 0 Å². The van der Waals surface area contributed by atoms with E-state index in [0.29, 0.717) is 24.3 Å². The minimum absolute atomic E-state index is 0.0502. The number of sulfonamides is 2. The third kappa shape index (κ3) is 5.97. The van der Waals surface area contributed by atoms with E-state index >= 15 is 0 Å². The summed E-state index contributed by atoms with van der Waals surface area (Å²) < 4.78 is 48.7. The van der Waals surface area contributed by atoms with E-state index in [0.717, 1.165) is 0 Å². The van der Waals surface area contributed by atoms with Gasteiger partial charge >= 0.3 is 0 Å². The van der Waals surface area contributed by atoms with Crippen LogP contribution in [0, 0.1) is 0 Å². The Hall–Kier alpha value is -2.53. The van der Waals surface area contributed by atoms with Crippen molar-refractivity contribution in [2.75, 3.05) is 18.4 Å². The maximum atomic E-state index is 12.5. The van der Waals surface area contributed by atoms with E-state index in [1.54, 1.807) is 32.1 Å². The molecule has 3 N–H and O–H groups in total. The molecule has 2 aromatic rings. The molecule has 0 spiro atoms. The minimum Gasteiger partial charge on any atom is -0.323 e. The maximum Gasteiger partial charge on any atom is 0.248 e. The molecule has 1 amide bonds. The van der Waals surface area contributed by atoms with E-state index in [9.17, 15) is 21.6 Å². The van der Waals surface area contributed by atoms with Gasteiger partial charge in [-0.2, -0.15) is 4.31 Å². The van der Waals surface area contributed by atoms with Crippen LogP contribution in [0.5, 0.6) is 0 Å². The zero-order valence-electron chi connectivity index (χ0n) is 16.1. The molecular weight excluding hydrogens is 414 g/mol. The van der Waals surface area contributed by atoms with E-state index in [1.807, 2.05) is 0 Å². The van der Waals surface area contributed by atoms with Crippen LogP contribution in [-0.4, -0.2) is 40.1 Å². The number of rotatable bonds is 8. The van der Waals surface area contributed by atoms with E-state index in [-0.39, 0.29) is 9.79 Å². The number of carbonyl (C=O) groups excluding carboxylic acids is 1. The number of hydrogen-bond donors (Lipinski definition) is 2. The molecule has 0 aliphatic rings. The molecule has 156 valence electrons. The number of nitrogens with one attached hydrogen (secondary N) is 1. The highest BCUT2D eigenvalue weighted by Crippen LogP contribution is 2.17. The molecule has 0 aromatic heterocycles. The Labute approximate surface area is 171 Å². The monoisotopic (exact) mass is 437 g/mol. The minimum atomic E-state index is -3.79. The standard InChI is InChI=1S/C19H23N3O5S2/c1-3-22(4-2)29(26,27)18-10-5-15(6-11-18)7-14-19(23)21-16-8-12-17(13-9-16)28(20,24)25/h5-14H,3-4H2,1-2H3,(H,21,23)(H2,20,24,25)/b14-7+. The summed E-state index contributed by atoms with van der Waals surface area (Å²) in [6.45, 7) is 4.33. The van der Waals surface area contributed by atoms with Crippen molar-refractivity contribution in [3.8, 4) is 0 Å². The van der Waals surface area contributed by atoms with E-state index < -0.39 is 26.0 Å². The van der Waals surface area contributed by atoms with E-state index in [2.05, 4.69) is 5.32 Å². The molecule has 2 rings (SSSR count). The molecule has 0 aliphatic heterocycles. The summed E-state index contributed by atoms with van der Waals surface area (Å²) in [4.78, 5) is 12.2. The Morgan fingerprint density at radius 2 is 1.45 bits per heavy atom. The van der Waals surface area contributed by atoms with Gasteiger partial charge in [0.05, 0.1) is 9.79 Å². The average Bonchev–Trinajstić information content (AvgIpc) is 2.67. The molecule has 0 atom stereocenters. The second kappa shape index (κ2) is 9.31. The molecule has 0 bridgehead atoms. The zero-order chi connectivity index (χ0) is 21.7. The topological polar surface area (TPSA) is 127 Å². The fraction of sp³-hybridized carbons (Fsp3) is 0.211. The number of nitrogens with zero attached hydrogens (tertiary/aromatic N) is 1. The first-order chi connectivity index (χ1) is 13.6. The molecule has 2 aromatic carbocycles. The highest BCUT2D eigenvalue weighted by atomic mass is 32.2. The van der Waals surface area contributed by atoms with Gasteiger partial charge < -0.3 is 5.32 Å².